The first-order chi connectivity index (χ1) is 6.15. The van der Waals surface area contributed by atoms with Gasteiger partial charge >= 0.3 is 0 Å². The molecule has 72 valence electrons. The molecule has 0 fully saturated rings. The van der Waals surface area contributed by atoms with Crippen LogP contribution in [0.25, 0.3) is 0 Å². The predicted molar refractivity (Wildman–Crippen MR) is 52.6 cm³/mol. The molecule has 0 saturated carbocycles. The highest BCUT2D eigenvalue weighted by atomic mass is 32.2. The molecule has 0 radical (unpaired) electrons. The van der Waals surface area contributed by atoms with Crippen LogP contribution in [0.15, 0.2) is 29.2 Å². The number of halogens is 1. The maximum Gasteiger partial charge on any atom is 0.124 e. The molecule has 1 rings (SSSR count). The molecule has 3 heteroatoms. The molecule has 0 saturated heterocycles. The Morgan fingerprint density at radius 2 is 2.23 bits per heavy atom. The molecule has 1 nitrogen and oxygen atoms in total. The van der Waals surface area contributed by atoms with Crippen LogP contribution in [0, 0.1) is 5.82 Å². The van der Waals surface area contributed by atoms with Gasteiger partial charge in [-0.2, -0.15) is 0 Å². The third-order valence-electron chi connectivity index (χ3n) is 1.97. The van der Waals surface area contributed by atoms with Crippen LogP contribution in [0.1, 0.15) is 20.3 Å². The van der Waals surface area contributed by atoms with Crippen molar-refractivity contribution < 1.29 is 8.60 Å². The van der Waals surface area contributed by atoms with E-state index in [9.17, 15) is 8.60 Å². The van der Waals surface area contributed by atoms with E-state index < -0.39 is 10.8 Å². The maximum absolute atomic E-state index is 12.8. The molecule has 0 aromatic heterocycles. The minimum absolute atomic E-state index is 0.0850. The highest BCUT2D eigenvalue weighted by molar-refractivity contribution is 7.85. The fourth-order valence-corrected chi connectivity index (χ4v) is 2.18. The summed E-state index contributed by atoms with van der Waals surface area (Å²) < 4.78 is 24.4. The van der Waals surface area contributed by atoms with E-state index >= 15 is 0 Å². The summed E-state index contributed by atoms with van der Waals surface area (Å²) >= 11 is 0. The van der Waals surface area contributed by atoms with Gasteiger partial charge < -0.3 is 0 Å². The summed E-state index contributed by atoms with van der Waals surface area (Å²) in [6.45, 7) is 3.88. The van der Waals surface area contributed by atoms with E-state index in [0.29, 0.717) is 4.90 Å². The first-order valence-corrected chi connectivity index (χ1v) is 5.52. The Balaban J connectivity index is 2.89. The van der Waals surface area contributed by atoms with Gasteiger partial charge in [-0.1, -0.05) is 19.9 Å². The fraction of sp³-hybridized carbons (Fsp3) is 0.400. The van der Waals surface area contributed by atoms with E-state index in [4.69, 9.17) is 0 Å². The van der Waals surface area contributed by atoms with Crippen LogP contribution in [0.5, 0.6) is 0 Å². The second-order valence-electron chi connectivity index (χ2n) is 2.97. The average molecular weight is 200 g/mol. The van der Waals surface area contributed by atoms with Gasteiger partial charge in [0.2, 0.25) is 0 Å². The second-order valence-corrected chi connectivity index (χ2v) is 4.84. The lowest BCUT2D eigenvalue weighted by Gasteiger charge is -2.07. The SMILES string of the molecule is CCC(C)S(=O)c1cccc(F)c1. The fourth-order valence-electron chi connectivity index (χ4n) is 0.976. The van der Waals surface area contributed by atoms with Crippen LogP contribution in [-0.4, -0.2) is 9.46 Å². The molecule has 0 aliphatic carbocycles. The Bertz CT molecular complexity index is 312. The second kappa shape index (κ2) is 4.51. The van der Waals surface area contributed by atoms with Gasteiger partial charge in [0.25, 0.3) is 0 Å². The summed E-state index contributed by atoms with van der Waals surface area (Å²) in [4.78, 5) is 0.578. The number of rotatable bonds is 3. The van der Waals surface area contributed by atoms with Crippen LogP contribution >= 0.6 is 0 Å². The monoisotopic (exact) mass is 200 g/mol. The lowest BCUT2D eigenvalue weighted by Crippen LogP contribution is -2.09. The van der Waals surface area contributed by atoms with Crippen LogP contribution < -0.4 is 0 Å². The Morgan fingerprint density at radius 3 is 2.77 bits per heavy atom. The average Bonchev–Trinajstić information content (AvgIpc) is 2.15. The molecule has 0 heterocycles. The van der Waals surface area contributed by atoms with Gasteiger partial charge in [-0.15, -0.1) is 0 Å². The zero-order chi connectivity index (χ0) is 9.84. The Hall–Kier alpha value is -0.700. The van der Waals surface area contributed by atoms with Crippen molar-refractivity contribution in [3.05, 3.63) is 30.1 Å². The minimum atomic E-state index is -1.08. The lowest BCUT2D eigenvalue weighted by molar-refractivity contribution is 0.621. The van der Waals surface area contributed by atoms with E-state index in [-0.39, 0.29) is 11.1 Å². The van der Waals surface area contributed by atoms with Crippen molar-refractivity contribution in [1.29, 1.82) is 0 Å². The van der Waals surface area contributed by atoms with Crippen molar-refractivity contribution >= 4 is 10.8 Å². The standard InChI is InChI=1S/C10H13FOS/c1-3-8(2)13(12)10-6-4-5-9(11)7-10/h4-8H,3H2,1-2H3. The van der Waals surface area contributed by atoms with E-state index in [0.717, 1.165) is 6.42 Å². The normalized spacial score (nSPS) is 15.3. The summed E-state index contributed by atoms with van der Waals surface area (Å²) in [5.74, 6) is -0.325. The van der Waals surface area contributed by atoms with Gasteiger partial charge in [0.05, 0.1) is 10.8 Å². The van der Waals surface area contributed by atoms with Crippen molar-refractivity contribution in [2.75, 3.05) is 0 Å². The van der Waals surface area contributed by atoms with Crippen LogP contribution in [0.2, 0.25) is 0 Å². The van der Waals surface area contributed by atoms with Gasteiger partial charge in [0, 0.05) is 10.1 Å². The van der Waals surface area contributed by atoms with Crippen molar-refractivity contribution in [1.82, 2.24) is 0 Å². The zero-order valence-corrected chi connectivity index (χ0v) is 8.60. The number of hydrogen-bond donors (Lipinski definition) is 0. The van der Waals surface area contributed by atoms with Crippen LogP contribution in [0.3, 0.4) is 0 Å². The quantitative estimate of drug-likeness (QED) is 0.733. The Kier molecular flexibility index (Phi) is 3.60. The lowest BCUT2D eigenvalue weighted by atomic mass is 10.3. The first kappa shape index (κ1) is 10.4. The third-order valence-corrected chi connectivity index (χ3v) is 3.75. The predicted octanol–water partition coefficient (Wildman–Crippen LogP) is 2.73. The minimum Gasteiger partial charge on any atom is -0.254 e. The molecule has 2 unspecified atom stereocenters. The highest BCUT2D eigenvalue weighted by Crippen LogP contribution is 2.14. The molecule has 2 atom stereocenters. The van der Waals surface area contributed by atoms with E-state index in [1.54, 1.807) is 12.1 Å². The molecular weight excluding hydrogens is 187 g/mol. The molecule has 0 aliphatic heterocycles. The third kappa shape index (κ3) is 2.62. The number of hydrogen-bond acceptors (Lipinski definition) is 1. The van der Waals surface area contributed by atoms with Gasteiger partial charge in [-0.25, -0.2) is 4.39 Å². The van der Waals surface area contributed by atoms with E-state index in [1.165, 1.54) is 12.1 Å². The summed E-state index contributed by atoms with van der Waals surface area (Å²) in [6.07, 6.45) is 0.836. The van der Waals surface area contributed by atoms with E-state index in [2.05, 4.69) is 0 Å². The molecule has 1 aromatic rings. The van der Waals surface area contributed by atoms with Crippen molar-refractivity contribution in [3.8, 4) is 0 Å². The Labute approximate surface area is 80.4 Å². The topological polar surface area (TPSA) is 17.1 Å². The van der Waals surface area contributed by atoms with Crippen molar-refractivity contribution in [2.45, 2.75) is 30.4 Å². The zero-order valence-electron chi connectivity index (χ0n) is 7.79. The van der Waals surface area contributed by atoms with Gasteiger partial charge in [0.1, 0.15) is 5.82 Å². The summed E-state index contributed by atoms with van der Waals surface area (Å²) in [5.41, 5.74) is 0. The maximum atomic E-state index is 12.8. The molecule has 0 spiro atoms. The molecule has 0 aliphatic rings. The largest absolute Gasteiger partial charge is 0.254 e. The smallest absolute Gasteiger partial charge is 0.124 e. The number of benzene rings is 1. The molecule has 0 bridgehead atoms. The first-order valence-electron chi connectivity index (χ1n) is 4.31. The van der Waals surface area contributed by atoms with Crippen molar-refractivity contribution in [3.63, 3.8) is 0 Å². The van der Waals surface area contributed by atoms with Gasteiger partial charge in [-0.3, -0.25) is 4.21 Å². The van der Waals surface area contributed by atoms with Crippen molar-refractivity contribution in [2.24, 2.45) is 0 Å². The van der Waals surface area contributed by atoms with Gasteiger partial charge in [0.15, 0.2) is 0 Å². The van der Waals surface area contributed by atoms with Crippen LogP contribution in [0.4, 0.5) is 4.39 Å². The molecule has 1 aromatic carbocycles. The van der Waals surface area contributed by atoms with Gasteiger partial charge in [-0.05, 0) is 24.6 Å². The molecule has 0 amide bonds. The highest BCUT2D eigenvalue weighted by Gasteiger charge is 2.11. The summed E-state index contributed by atoms with van der Waals surface area (Å²) in [5, 5.41) is 0.0850. The summed E-state index contributed by atoms with van der Waals surface area (Å²) in [7, 11) is -1.08. The molecule has 13 heavy (non-hydrogen) atoms. The van der Waals surface area contributed by atoms with E-state index in [1.807, 2.05) is 13.8 Å². The summed E-state index contributed by atoms with van der Waals surface area (Å²) in [6, 6.07) is 5.98. The molecule has 0 N–H and O–H groups in total. The molecular formula is C10H13FOS. The Morgan fingerprint density at radius 1 is 1.54 bits per heavy atom. The van der Waals surface area contributed by atoms with Crippen LogP contribution in [-0.2, 0) is 10.8 Å².